The van der Waals surface area contributed by atoms with Crippen LogP contribution in [0, 0.1) is 0 Å². The minimum absolute atomic E-state index is 0.238. The van der Waals surface area contributed by atoms with Crippen LogP contribution in [-0.2, 0) is 19.1 Å². The van der Waals surface area contributed by atoms with Gasteiger partial charge in [-0.3, -0.25) is 14.4 Å². The molecule has 0 aromatic heterocycles. The summed E-state index contributed by atoms with van der Waals surface area (Å²) in [5.74, 6) is -1.41. The molecule has 0 fully saturated rings. The summed E-state index contributed by atoms with van der Waals surface area (Å²) in [7, 11) is 0. The highest BCUT2D eigenvalue weighted by Crippen LogP contribution is 1.94. The zero-order valence-electron chi connectivity index (χ0n) is 7.54. The second-order valence-electron chi connectivity index (χ2n) is 2.37. The number of hydrogen-bond donors (Lipinski definition) is 0. The Hall–Kier alpha value is -1.45. The lowest BCUT2D eigenvalue weighted by Crippen LogP contribution is -2.13. The lowest BCUT2D eigenvalue weighted by atomic mass is 10.1. The third kappa shape index (κ3) is 5.78. The van der Waals surface area contributed by atoms with Crippen molar-refractivity contribution < 1.29 is 19.1 Å². The first-order valence-corrected chi connectivity index (χ1v) is 3.92. The summed E-state index contributed by atoms with van der Waals surface area (Å²) >= 11 is 0. The van der Waals surface area contributed by atoms with Gasteiger partial charge in [-0.2, -0.15) is 0 Å². The van der Waals surface area contributed by atoms with Crippen molar-refractivity contribution >= 4 is 17.5 Å². The van der Waals surface area contributed by atoms with E-state index in [1.54, 1.807) is 6.92 Å². The summed E-state index contributed by atoms with van der Waals surface area (Å²) in [5.41, 5.74) is 0. The number of carbonyl (C=O) groups is 3. The van der Waals surface area contributed by atoms with Gasteiger partial charge in [0.25, 0.3) is 0 Å². The molecule has 0 atom stereocenters. The lowest BCUT2D eigenvalue weighted by molar-refractivity contribution is -0.145. The lowest BCUT2D eigenvalue weighted by Gasteiger charge is -1.99. The molecule has 0 bridgehead atoms. The van der Waals surface area contributed by atoms with E-state index in [1.165, 1.54) is 0 Å². The van der Waals surface area contributed by atoms with Crippen LogP contribution in [0.3, 0.4) is 0 Å². The molecule has 13 heavy (non-hydrogen) atoms. The molecule has 0 amide bonds. The molecule has 0 aromatic carbocycles. The molecule has 4 heteroatoms. The standard InChI is InChI=1S/C9H12O4/c1-3-7(10)5-8(11)6-9(12)13-4-2/h3H,1,4-6H2,2H3. The van der Waals surface area contributed by atoms with Crippen LogP contribution in [-0.4, -0.2) is 24.1 Å². The fraction of sp³-hybridized carbons (Fsp3) is 0.444. The number of carbonyl (C=O) groups excluding carboxylic acids is 3. The van der Waals surface area contributed by atoms with E-state index >= 15 is 0 Å². The highest BCUT2D eigenvalue weighted by Gasteiger charge is 2.12. The van der Waals surface area contributed by atoms with Crippen molar-refractivity contribution in [1.29, 1.82) is 0 Å². The van der Waals surface area contributed by atoms with Gasteiger partial charge >= 0.3 is 5.97 Å². The predicted molar refractivity (Wildman–Crippen MR) is 46.1 cm³/mol. The summed E-state index contributed by atoms with van der Waals surface area (Å²) in [4.78, 5) is 32.3. The number of hydrogen-bond acceptors (Lipinski definition) is 4. The number of ketones is 2. The van der Waals surface area contributed by atoms with Crippen molar-refractivity contribution in [2.24, 2.45) is 0 Å². The van der Waals surface area contributed by atoms with Gasteiger partial charge in [-0.1, -0.05) is 6.58 Å². The molecule has 72 valence electrons. The maximum Gasteiger partial charge on any atom is 0.313 e. The number of ether oxygens (including phenoxy) is 1. The van der Waals surface area contributed by atoms with Gasteiger partial charge in [0.15, 0.2) is 11.6 Å². The van der Waals surface area contributed by atoms with Crippen LogP contribution in [0.1, 0.15) is 19.8 Å². The molecule has 0 rings (SSSR count). The normalized spacial score (nSPS) is 9.00. The second-order valence-corrected chi connectivity index (χ2v) is 2.37. The number of rotatable bonds is 6. The van der Waals surface area contributed by atoms with Crippen LogP contribution >= 0.6 is 0 Å². The first-order valence-electron chi connectivity index (χ1n) is 3.92. The summed E-state index contributed by atoms with van der Waals surface area (Å²) in [6.07, 6.45) is 0.443. The SMILES string of the molecule is C=CC(=O)CC(=O)CC(=O)OCC. The minimum atomic E-state index is -0.593. The van der Waals surface area contributed by atoms with E-state index in [0.717, 1.165) is 6.08 Å². The molecular weight excluding hydrogens is 172 g/mol. The summed E-state index contributed by atoms with van der Waals surface area (Å²) in [5, 5.41) is 0. The molecule has 0 N–H and O–H groups in total. The summed E-state index contributed by atoms with van der Waals surface area (Å²) in [6.45, 7) is 5.10. The van der Waals surface area contributed by atoms with Crippen molar-refractivity contribution in [3.05, 3.63) is 12.7 Å². The van der Waals surface area contributed by atoms with E-state index in [4.69, 9.17) is 0 Å². The van der Waals surface area contributed by atoms with Gasteiger partial charge in [-0.25, -0.2) is 0 Å². The number of Topliss-reactive ketones (excluding diaryl/α,β-unsaturated/α-hetero) is 1. The molecular formula is C9H12O4. The van der Waals surface area contributed by atoms with E-state index in [9.17, 15) is 14.4 Å². The van der Waals surface area contributed by atoms with Crippen LogP contribution in [0.5, 0.6) is 0 Å². The molecule has 0 aromatic rings. The highest BCUT2D eigenvalue weighted by atomic mass is 16.5. The number of allylic oxidation sites excluding steroid dienone is 1. The molecule has 0 saturated carbocycles. The third-order valence-corrected chi connectivity index (χ3v) is 1.25. The monoisotopic (exact) mass is 184 g/mol. The van der Waals surface area contributed by atoms with Crippen LogP contribution in [0.2, 0.25) is 0 Å². The smallest absolute Gasteiger partial charge is 0.313 e. The second kappa shape index (κ2) is 6.11. The topological polar surface area (TPSA) is 60.4 Å². The van der Waals surface area contributed by atoms with Crippen molar-refractivity contribution in [2.45, 2.75) is 19.8 Å². The molecule has 0 aliphatic rings. The van der Waals surface area contributed by atoms with Crippen LogP contribution in [0.25, 0.3) is 0 Å². The highest BCUT2D eigenvalue weighted by molar-refractivity contribution is 6.08. The number of esters is 1. The maximum absolute atomic E-state index is 10.9. The van der Waals surface area contributed by atoms with E-state index in [0.29, 0.717) is 0 Å². The Morgan fingerprint density at radius 1 is 1.31 bits per heavy atom. The zero-order chi connectivity index (χ0) is 10.3. The van der Waals surface area contributed by atoms with Gasteiger partial charge in [-0.05, 0) is 13.0 Å². The van der Waals surface area contributed by atoms with E-state index < -0.39 is 11.8 Å². The van der Waals surface area contributed by atoms with Crippen molar-refractivity contribution in [3.63, 3.8) is 0 Å². The molecule has 0 saturated heterocycles. The van der Waals surface area contributed by atoms with Crippen LogP contribution in [0.4, 0.5) is 0 Å². The average molecular weight is 184 g/mol. The van der Waals surface area contributed by atoms with Crippen molar-refractivity contribution in [2.75, 3.05) is 6.61 Å². The van der Waals surface area contributed by atoms with Crippen molar-refractivity contribution in [3.8, 4) is 0 Å². The molecule has 0 heterocycles. The quantitative estimate of drug-likeness (QED) is 0.345. The maximum atomic E-state index is 10.9. The predicted octanol–water partition coefficient (Wildman–Crippen LogP) is 0.654. The first kappa shape index (κ1) is 11.6. The van der Waals surface area contributed by atoms with Gasteiger partial charge in [0.05, 0.1) is 13.0 Å². The molecule has 0 radical (unpaired) electrons. The van der Waals surface area contributed by atoms with Gasteiger partial charge < -0.3 is 4.74 Å². The fourth-order valence-corrected chi connectivity index (χ4v) is 0.702. The van der Waals surface area contributed by atoms with Gasteiger partial charge in [0, 0.05) is 0 Å². The molecule has 0 aliphatic heterocycles. The largest absolute Gasteiger partial charge is 0.466 e. The van der Waals surface area contributed by atoms with Gasteiger partial charge in [0.1, 0.15) is 6.42 Å². The Labute approximate surface area is 76.6 Å². The Kier molecular flexibility index (Phi) is 5.43. The van der Waals surface area contributed by atoms with E-state index in [1.807, 2.05) is 0 Å². The Balaban J connectivity index is 3.80. The van der Waals surface area contributed by atoms with Gasteiger partial charge in [0.2, 0.25) is 0 Å². The molecule has 0 unspecified atom stereocenters. The molecule has 0 aliphatic carbocycles. The van der Waals surface area contributed by atoms with Crippen molar-refractivity contribution in [1.82, 2.24) is 0 Å². The van der Waals surface area contributed by atoms with Gasteiger partial charge in [-0.15, -0.1) is 0 Å². The first-order chi connectivity index (χ1) is 6.10. The summed E-state index contributed by atoms with van der Waals surface area (Å²) in [6, 6.07) is 0. The average Bonchev–Trinajstić information content (AvgIpc) is 2.04. The fourth-order valence-electron chi connectivity index (χ4n) is 0.702. The Bertz CT molecular complexity index is 230. The van der Waals surface area contributed by atoms with E-state index in [-0.39, 0.29) is 25.2 Å². The molecule has 0 spiro atoms. The van der Waals surface area contributed by atoms with Crippen LogP contribution in [0.15, 0.2) is 12.7 Å². The minimum Gasteiger partial charge on any atom is -0.466 e. The Morgan fingerprint density at radius 3 is 2.38 bits per heavy atom. The zero-order valence-corrected chi connectivity index (χ0v) is 7.54. The van der Waals surface area contributed by atoms with Crippen LogP contribution < -0.4 is 0 Å². The summed E-state index contributed by atoms with van der Waals surface area (Å²) < 4.78 is 4.53. The Morgan fingerprint density at radius 2 is 1.92 bits per heavy atom. The van der Waals surface area contributed by atoms with E-state index in [2.05, 4.69) is 11.3 Å². The molecule has 4 nitrogen and oxygen atoms in total. The third-order valence-electron chi connectivity index (χ3n) is 1.25.